The number of thiophene rings is 1. The first-order valence-electron chi connectivity index (χ1n) is 9.68. The van der Waals surface area contributed by atoms with Gasteiger partial charge in [0.1, 0.15) is 16.4 Å². The van der Waals surface area contributed by atoms with Gasteiger partial charge in [-0.15, -0.1) is 11.3 Å². The minimum atomic E-state index is -0.629. The van der Waals surface area contributed by atoms with E-state index in [0.29, 0.717) is 32.1 Å². The number of ether oxygens (including phenoxy) is 1. The number of aliphatic hydroxyl groups is 1. The van der Waals surface area contributed by atoms with E-state index >= 15 is 0 Å². The molecule has 3 aromatic rings. The van der Waals surface area contributed by atoms with Crippen molar-refractivity contribution in [3.63, 3.8) is 0 Å². The molecule has 3 heterocycles. The summed E-state index contributed by atoms with van der Waals surface area (Å²) in [4.78, 5) is 24.5. The molecule has 1 aliphatic carbocycles. The van der Waals surface area contributed by atoms with Crippen LogP contribution in [0.4, 0.5) is 0 Å². The third kappa shape index (κ3) is 4.20. The Balaban J connectivity index is 1.56. The van der Waals surface area contributed by atoms with Crippen molar-refractivity contribution in [1.29, 1.82) is 0 Å². The van der Waals surface area contributed by atoms with Crippen LogP contribution in [0.1, 0.15) is 35.4 Å². The van der Waals surface area contributed by atoms with Crippen LogP contribution in [0, 0.1) is 0 Å². The quantitative estimate of drug-likeness (QED) is 0.570. The monoisotopic (exact) mass is 403 g/mol. The van der Waals surface area contributed by atoms with Crippen LogP contribution < -0.4 is 5.56 Å². The molecule has 0 radical (unpaired) electrons. The zero-order valence-electron chi connectivity index (χ0n) is 15.9. The number of nitrogens with zero attached hydrogens (tertiary/aromatic N) is 2. The molecule has 150 valence electrons. The maximum absolute atomic E-state index is 12.7. The number of aromatic amines is 1. The molecule has 1 atom stereocenters. The maximum Gasteiger partial charge on any atom is 0.259 e. The van der Waals surface area contributed by atoms with Crippen LogP contribution >= 0.6 is 11.3 Å². The SMILES string of the molecule is CCOC[C@@H](O)CN(Cc1nc2sc3c(c2c(=O)[nH]1)CCC3)Cc1ccco1. The van der Waals surface area contributed by atoms with E-state index in [1.54, 1.807) is 17.6 Å². The first-order valence-corrected chi connectivity index (χ1v) is 10.5. The molecule has 0 aliphatic heterocycles. The van der Waals surface area contributed by atoms with Crippen LogP contribution in [-0.2, 0) is 30.7 Å². The van der Waals surface area contributed by atoms with Gasteiger partial charge in [0.2, 0.25) is 0 Å². The largest absolute Gasteiger partial charge is 0.468 e. The van der Waals surface area contributed by atoms with Crippen LogP contribution in [-0.4, -0.2) is 45.8 Å². The Morgan fingerprint density at radius 1 is 1.43 bits per heavy atom. The number of hydrogen-bond acceptors (Lipinski definition) is 7. The van der Waals surface area contributed by atoms with Gasteiger partial charge in [0.25, 0.3) is 5.56 Å². The van der Waals surface area contributed by atoms with Gasteiger partial charge < -0.3 is 19.2 Å². The highest BCUT2D eigenvalue weighted by atomic mass is 32.1. The fourth-order valence-corrected chi connectivity index (χ4v) is 5.03. The van der Waals surface area contributed by atoms with Crippen molar-refractivity contribution in [3.05, 3.63) is 50.8 Å². The van der Waals surface area contributed by atoms with E-state index in [1.807, 2.05) is 24.0 Å². The topological polar surface area (TPSA) is 91.6 Å². The number of furan rings is 1. The first-order chi connectivity index (χ1) is 13.6. The minimum absolute atomic E-state index is 0.0628. The zero-order valence-corrected chi connectivity index (χ0v) is 16.8. The molecule has 8 heteroatoms. The second kappa shape index (κ2) is 8.57. The summed E-state index contributed by atoms with van der Waals surface area (Å²) in [5.41, 5.74) is 1.12. The number of aromatic nitrogens is 2. The molecule has 0 fully saturated rings. The van der Waals surface area contributed by atoms with Crippen LogP contribution in [0.3, 0.4) is 0 Å². The second-order valence-electron chi connectivity index (χ2n) is 7.11. The molecule has 2 N–H and O–H groups in total. The van der Waals surface area contributed by atoms with Gasteiger partial charge in [-0.2, -0.15) is 0 Å². The van der Waals surface area contributed by atoms with E-state index in [9.17, 15) is 9.90 Å². The zero-order chi connectivity index (χ0) is 19.5. The predicted octanol–water partition coefficient (Wildman–Crippen LogP) is 2.47. The Labute approximate surface area is 167 Å². The lowest BCUT2D eigenvalue weighted by Crippen LogP contribution is -2.35. The van der Waals surface area contributed by atoms with Gasteiger partial charge in [0.05, 0.1) is 37.4 Å². The summed E-state index contributed by atoms with van der Waals surface area (Å²) in [6.45, 7) is 4.05. The van der Waals surface area contributed by atoms with Gasteiger partial charge in [-0.05, 0) is 43.9 Å². The van der Waals surface area contributed by atoms with Crippen molar-refractivity contribution >= 4 is 21.6 Å². The lowest BCUT2D eigenvalue weighted by Gasteiger charge is -2.23. The summed E-state index contributed by atoms with van der Waals surface area (Å²) in [6, 6.07) is 3.73. The average molecular weight is 404 g/mol. The van der Waals surface area contributed by atoms with Gasteiger partial charge in [-0.3, -0.25) is 9.69 Å². The Bertz CT molecular complexity index is 979. The molecule has 0 aromatic carbocycles. The summed E-state index contributed by atoms with van der Waals surface area (Å²) in [7, 11) is 0. The van der Waals surface area contributed by atoms with Gasteiger partial charge >= 0.3 is 0 Å². The fourth-order valence-electron chi connectivity index (χ4n) is 3.75. The number of rotatable bonds is 9. The molecule has 0 spiro atoms. The fraction of sp³-hybridized carbons (Fsp3) is 0.500. The lowest BCUT2D eigenvalue weighted by atomic mass is 10.2. The Morgan fingerprint density at radius 3 is 3.11 bits per heavy atom. The van der Waals surface area contributed by atoms with Gasteiger partial charge in [0, 0.05) is 18.0 Å². The highest BCUT2D eigenvalue weighted by Crippen LogP contribution is 2.34. The molecule has 0 bridgehead atoms. The second-order valence-corrected chi connectivity index (χ2v) is 8.20. The highest BCUT2D eigenvalue weighted by Gasteiger charge is 2.22. The summed E-state index contributed by atoms with van der Waals surface area (Å²) in [5.74, 6) is 1.40. The molecule has 0 amide bonds. The van der Waals surface area contributed by atoms with Crippen molar-refractivity contribution in [2.75, 3.05) is 19.8 Å². The van der Waals surface area contributed by atoms with Gasteiger partial charge in [-0.1, -0.05) is 0 Å². The first kappa shape index (κ1) is 19.3. The van der Waals surface area contributed by atoms with E-state index in [2.05, 4.69) is 4.98 Å². The summed E-state index contributed by atoms with van der Waals surface area (Å²) in [5, 5.41) is 11.0. The number of nitrogens with one attached hydrogen (secondary N) is 1. The molecule has 0 saturated heterocycles. The number of H-pyrrole nitrogens is 1. The molecule has 7 nitrogen and oxygen atoms in total. The van der Waals surface area contributed by atoms with Crippen LogP contribution in [0.25, 0.3) is 10.2 Å². The molecule has 0 saturated carbocycles. The summed E-state index contributed by atoms with van der Waals surface area (Å²) >= 11 is 1.63. The standard InChI is InChI=1S/C20H25N3O4S/c1-2-26-12-13(24)9-23(10-14-5-4-8-27-14)11-17-21-19(25)18-15-6-3-7-16(15)28-20(18)22-17/h4-5,8,13,24H,2-3,6-7,9-12H2,1H3,(H,21,22,25)/t13-/m0/s1. The van der Waals surface area contributed by atoms with Crippen molar-refractivity contribution in [2.45, 2.75) is 45.4 Å². The molecule has 28 heavy (non-hydrogen) atoms. The normalized spacial score (nSPS) is 14.8. The highest BCUT2D eigenvalue weighted by molar-refractivity contribution is 7.18. The molecule has 0 unspecified atom stereocenters. The van der Waals surface area contributed by atoms with E-state index in [0.717, 1.165) is 35.2 Å². The lowest BCUT2D eigenvalue weighted by molar-refractivity contribution is 0.0163. The molecular formula is C20H25N3O4S. The third-order valence-corrected chi connectivity index (χ3v) is 6.13. The van der Waals surface area contributed by atoms with Gasteiger partial charge in [0.15, 0.2) is 0 Å². The molecule has 4 rings (SSSR count). The summed E-state index contributed by atoms with van der Waals surface area (Å²) in [6.07, 6.45) is 4.12. The van der Waals surface area contributed by atoms with E-state index < -0.39 is 6.10 Å². The number of fused-ring (bicyclic) bond motifs is 3. The van der Waals surface area contributed by atoms with Crippen molar-refractivity contribution in [1.82, 2.24) is 14.9 Å². The number of aliphatic hydroxyl groups excluding tert-OH is 1. The summed E-state index contributed by atoms with van der Waals surface area (Å²) < 4.78 is 10.8. The van der Waals surface area contributed by atoms with Crippen LogP contribution in [0.15, 0.2) is 27.6 Å². The molecular weight excluding hydrogens is 378 g/mol. The van der Waals surface area contributed by atoms with E-state index in [1.165, 1.54) is 10.4 Å². The van der Waals surface area contributed by atoms with Crippen molar-refractivity contribution < 1.29 is 14.3 Å². The predicted molar refractivity (Wildman–Crippen MR) is 108 cm³/mol. The molecule has 1 aliphatic rings. The minimum Gasteiger partial charge on any atom is -0.468 e. The Hall–Kier alpha value is -2.00. The number of hydrogen-bond donors (Lipinski definition) is 2. The smallest absolute Gasteiger partial charge is 0.259 e. The Morgan fingerprint density at radius 2 is 2.32 bits per heavy atom. The third-order valence-electron chi connectivity index (χ3n) is 4.94. The Kier molecular flexibility index (Phi) is 5.91. The number of aryl methyl sites for hydroxylation is 2. The van der Waals surface area contributed by atoms with Crippen LogP contribution in [0.5, 0.6) is 0 Å². The van der Waals surface area contributed by atoms with E-state index in [-0.39, 0.29) is 12.2 Å². The molecule has 3 aromatic heterocycles. The van der Waals surface area contributed by atoms with E-state index in [4.69, 9.17) is 14.1 Å². The van der Waals surface area contributed by atoms with Crippen molar-refractivity contribution in [3.8, 4) is 0 Å². The maximum atomic E-state index is 12.7. The van der Waals surface area contributed by atoms with Gasteiger partial charge in [-0.25, -0.2) is 4.98 Å². The van der Waals surface area contributed by atoms with Crippen LogP contribution in [0.2, 0.25) is 0 Å². The average Bonchev–Trinajstić information content (AvgIpc) is 3.37. The van der Waals surface area contributed by atoms with Crippen molar-refractivity contribution in [2.24, 2.45) is 0 Å².